The van der Waals surface area contributed by atoms with Gasteiger partial charge in [-0.3, -0.25) is 0 Å². The molecule has 0 radical (unpaired) electrons. The van der Waals surface area contributed by atoms with Crippen molar-refractivity contribution >= 4 is 16.0 Å². The molecular formula is C10H20N2O4S. The standard InChI is InChI=1S/C10H20N2O4S/c1-3-16-10(13)6-4-7-11-8-5-9-12-17(2,14)15/h4,6,11-12H,3,5,7-9H2,1-2H3/b6-4+. The van der Waals surface area contributed by atoms with Crippen LogP contribution in [0.15, 0.2) is 12.2 Å². The van der Waals surface area contributed by atoms with Crippen molar-refractivity contribution in [1.82, 2.24) is 10.0 Å². The van der Waals surface area contributed by atoms with Crippen LogP contribution in [0.3, 0.4) is 0 Å². The van der Waals surface area contributed by atoms with Gasteiger partial charge in [0.2, 0.25) is 10.0 Å². The van der Waals surface area contributed by atoms with Crippen molar-refractivity contribution in [1.29, 1.82) is 0 Å². The van der Waals surface area contributed by atoms with Crippen LogP contribution in [0.25, 0.3) is 0 Å². The van der Waals surface area contributed by atoms with Gasteiger partial charge in [0.15, 0.2) is 0 Å². The minimum atomic E-state index is -3.09. The fraction of sp³-hybridized carbons (Fsp3) is 0.700. The molecule has 0 unspecified atom stereocenters. The van der Waals surface area contributed by atoms with Gasteiger partial charge in [-0.2, -0.15) is 0 Å². The molecule has 0 spiro atoms. The molecule has 0 saturated carbocycles. The maximum absolute atomic E-state index is 10.9. The summed E-state index contributed by atoms with van der Waals surface area (Å²) < 4.78 is 28.5. The van der Waals surface area contributed by atoms with Crippen LogP contribution >= 0.6 is 0 Å². The average Bonchev–Trinajstić information content (AvgIpc) is 2.21. The van der Waals surface area contributed by atoms with E-state index in [-0.39, 0.29) is 5.97 Å². The molecular weight excluding hydrogens is 244 g/mol. The quantitative estimate of drug-likeness (QED) is 0.337. The molecule has 0 aliphatic carbocycles. The van der Waals surface area contributed by atoms with Crippen LogP contribution in [0.4, 0.5) is 0 Å². The van der Waals surface area contributed by atoms with E-state index >= 15 is 0 Å². The fourth-order valence-corrected chi connectivity index (χ4v) is 1.52. The van der Waals surface area contributed by atoms with Gasteiger partial charge in [-0.25, -0.2) is 17.9 Å². The molecule has 2 N–H and O–H groups in total. The Kier molecular flexibility index (Phi) is 8.65. The Morgan fingerprint density at radius 1 is 1.35 bits per heavy atom. The number of rotatable bonds is 9. The number of sulfonamides is 1. The van der Waals surface area contributed by atoms with Crippen LogP contribution in [0.2, 0.25) is 0 Å². The Morgan fingerprint density at radius 2 is 2.06 bits per heavy atom. The lowest BCUT2D eigenvalue weighted by atomic mass is 10.4. The van der Waals surface area contributed by atoms with E-state index < -0.39 is 10.0 Å². The van der Waals surface area contributed by atoms with E-state index in [0.29, 0.717) is 32.7 Å². The molecule has 0 aromatic carbocycles. The largest absolute Gasteiger partial charge is 0.463 e. The number of hydrogen-bond donors (Lipinski definition) is 2. The third-order valence-corrected chi connectivity index (χ3v) is 2.43. The summed E-state index contributed by atoms with van der Waals surface area (Å²) in [6.45, 7) is 3.76. The highest BCUT2D eigenvalue weighted by atomic mass is 32.2. The molecule has 0 bridgehead atoms. The van der Waals surface area contributed by atoms with Gasteiger partial charge >= 0.3 is 5.97 Å². The lowest BCUT2D eigenvalue weighted by Gasteiger charge is -2.02. The van der Waals surface area contributed by atoms with Crippen molar-refractivity contribution in [2.45, 2.75) is 13.3 Å². The Bertz CT molecular complexity index is 338. The van der Waals surface area contributed by atoms with Gasteiger partial charge in [0.1, 0.15) is 0 Å². The summed E-state index contributed by atoms with van der Waals surface area (Å²) in [5.74, 6) is -0.354. The second-order valence-corrected chi connectivity index (χ2v) is 5.21. The van der Waals surface area contributed by atoms with E-state index in [0.717, 1.165) is 6.26 Å². The molecule has 0 aliphatic rings. The van der Waals surface area contributed by atoms with Gasteiger partial charge in [0.05, 0.1) is 12.9 Å². The van der Waals surface area contributed by atoms with Crippen LogP contribution in [0.1, 0.15) is 13.3 Å². The summed E-state index contributed by atoms with van der Waals surface area (Å²) in [5, 5.41) is 3.04. The summed E-state index contributed by atoms with van der Waals surface area (Å²) in [5.41, 5.74) is 0. The number of carbonyl (C=O) groups excluding carboxylic acids is 1. The molecule has 17 heavy (non-hydrogen) atoms. The predicted octanol–water partition coefficient (Wildman–Crippen LogP) is -0.365. The summed E-state index contributed by atoms with van der Waals surface area (Å²) >= 11 is 0. The van der Waals surface area contributed by atoms with Crippen LogP contribution in [0, 0.1) is 0 Å². The number of carbonyl (C=O) groups is 1. The maximum Gasteiger partial charge on any atom is 0.330 e. The normalized spacial score (nSPS) is 11.9. The van der Waals surface area contributed by atoms with Crippen LogP contribution < -0.4 is 10.0 Å². The van der Waals surface area contributed by atoms with E-state index in [1.165, 1.54) is 6.08 Å². The van der Waals surface area contributed by atoms with Gasteiger partial charge in [-0.05, 0) is 19.9 Å². The first kappa shape index (κ1) is 16.1. The van der Waals surface area contributed by atoms with Gasteiger partial charge < -0.3 is 10.1 Å². The molecule has 0 aromatic heterocycles. The average molecular weight is 264 g/mol. The van der Waals surface area contributed by atoms with Crippen molar-refractivity contribution in [2.24, 2.45) is 0 Å². The topological polar surface area (TPSA) is 84.5 Å². The second kappa shape index (κ2) is 9.15. The predicted molar refractivity (Wildman–Crippen MR) is 66.1 cm³/mol. The third kappa shape index (κ3) is 13.0. The molecule has 0 rings (SSSR count). The highest BCUT2D eigenvalue weighted by Crippen LogP contribution is 1.81. The number of ether oxygens (including phenoxy) is 1. The molecule has 0 amide bonds. The molecule has 0 saturated heterocycles. The highest BCUT2D eigenvalue weighted by molar-refractivity contribution is 7.88. The molecule has 0 atom stereocenters. The fourth-order valence-electron chi connectivity index (χ4n) is 1.00. The molecule has 0 fully saturated rings. The molecule has 7 heteroatoms. The smallest absolute Gasteiger partial charge is 0.330 e. The van der Waals surface area contributed by atoms with E-state index in [1.807, 2.05) is 0 Å². The molecule has 0 heterocycles. The lowest BCUT2D eigenvalue weighted by Crippen LogP contribution is -2.26. The molecule has 6 nitrogen and oxygen atoms in total. The van der Waals surface area contributed by atoms with Gasteiger partial charge in [-0.15, -0.1) is 0 Å². The van der Waals surface area contributed by atoms with E-state index in [4.69, 9.17) is 4.74 Å². The van der Waals surface area contributed by atoms with Crippen LogP contribution in [-0.2, 0) is 19.6 Å². The first-order valence-electron chi connectivity index (χ1n) is 5.44. The first-order valence-corrected chi connectivity index (χ1v) is 7.33. The minimum absolute atomic E-state index is 0.354. The highest BCUT2D eigenvalue weighted by Gasteiger charge is 1.97. The zero-order valence-electron chi connectivity index (χ0n) is 10.2. The van der Waals surface area contributed by atoms with E-state index in [9.17, 15) is 13.2 Å². The SMILES string of the molecule is CCOC(=O)/C=C/CNCCCNS(C)(=O)=O. The Hall–Kier alpha value is -0.920. The monoisotopic (exact) mass is 264 g/mol. The summed E-state index contributed by atoms with van der Waals surface area (Å²) in [6, 6.07) is 0. The second-order valence-electron chi connectivity index (χ2n) is 3.38. The van der Waals surface area contributed by atoms with E-state index in [1.54, 1.807) is 13.0 Å². The van der Waals surface area contributed by atoms with Crippen molar-refractivity contribution in [3.63, 3.8) is 0 Å². The van der Waals surface area contributed by atoms with Gasteiger partial charge in [0.25, 0.3) is 0 Å². The van der Waals surface area contributed by atoms with Crippen molar-refractivity contribution in [3.05, 3.63) is 12.2 Å². The number of hydrogen-bond acceptors (Lipinski definition) is 5. The zero-order valence-corrected chi connectivity index (χ0v) is 11.0. The molecule has 100 valence electrons. The summed E-state index contributed by atoms with van der Waals surface area (Å²) in [7, 11) is -3.09. The Morgan fingerprint density at radius 3 is 2.65 bits per heavy atom. The third-order valence-electron chi connectivity index (χ3n) is 1.70. The zero-order chi connectivity index (χ0) is 13.1. The lowest BCUT2D eigenvalue weighted by molar-refractivity contribution is -0.137. The Labute approximate surface area is 102 Å². The van der Waals surface area contributed by atoms with Crippen molar-refractivity contribution in [3.8, 4) is 0 Å². The van der Waals surface area contributed by atoms with Crippen LogP contribution in [-0.4, -0.2) is 46.9 Å². The van der Waals surface area contributed by atoms with Crippen molar-refractivity contribution < 1.29 is 17.9 Å². The Balaban J connectivity index is 3.38. The first-order chi connectivity index (χ1) is 7.95. The number of esters is 1. The molecule has 0 aliphatic heterocycles. The van der Waals surface area contributed by atoms with Gasteiger partial charge in [-0.1, -0.05) is 6.08 Å². The van der Waals surface area contributed by atoms with Gasteiger partial charge in [0, 0.05) is 19.2 Å². The van der Waals surface area contributed by atoms with E-state index in [2.05, 4.69) is 10.0 Å². The summed E-state index contributed by atoms with van der Waals surface area (Å²) in [4.78, 5) is 10.9. The van der Waals surface area contributed by atoms with Crippen molar-refractivity contribution in [2.75, 3.05) is 32.5 Å². The maximum atomic E-state index is 10.9. The minimum Gasteiger partial charge on any atom is -0.463 e. The molecule has 0 aromatic rings. The van der Waals surface area contributed by atoms with Crippen LogP contribution in [0.5, 0.6) is 0 Å². The summed E-state index contributed by atoms with van der Waals surface area (Å²) in [6.07, 6.45) is 4.86. The number of nitrogens with one attached hydrogen (secondary N) is 2.